The van der Waals surface area contributed by atoms with E-state index in [9.17, 15) is 4.79 Å². The van der Waals surface area contributed by atoms with Crippen molar-refractivity contribution in [3.05, 3.63) is 64.7 Å². The van der Waals surface area contributed by atoms with Gasteiger partial charge in [-0.05, 0) is 30.3 Å². The summed E-state index contributed by atoms with van der Waals surface area (Å²) in [5, 5.41) is 4.41. The first-order valence-electron chi connectivity index (χ1n) is 5.92. The maximum Gasteiger partial charge on any atom is 0.271 e. The van der Waals surface area contributed by atoms with Crippen LogP contribution in [-0.4, -0.2) is 19.2 Å². The van der Waals surface area contributed by atoms with Crippen LogP contribution in [0.4, 0.5) is 0 Å². The van der Waals surface area contributed by atoms with Crippen molar-refractivity contribution in [3.8, 4) is 5.75 Å². The molecule has 0 saturated carbocycles. The standard InChI is InChI=1S/C15H13ClN2O2/c1-20-14-8-3-2-5-12(14)10-17-18-15(19)11-6-4-7-13(16)9-11/h2-10H,1H3,(H,18,19). The Bertz CT molecular complexity index is 641. The summed E-state index contributed by atoms with van der Waals surface area (Å²) in [5.41, 5.74) is 3.67. The lowest BCUT2D eigenvalue weighted by molar-refractivity contribution is 0.0955. The second-order valence-corrected chi connectivity index (χ2v) is 4.39. The quantitative estimate of drug-likeness (QED) is 0.694. The first-order chi connectivity index (χ1) is 9.70. The van der Waals surface area contributed by atoms with Gasteiger partial charge in [-0.1, -0.05) is 29.8 Å². The number of hydrogen-bond donors (Lipinski definition) is 1. The van der Waals surface area contributed by atoms with Gasteiger partial charge in [0.05, 0.1) is 13.3 Å². The Kier molecular flexibility index (Phi) is 4.74. The number of amides is 1. The highest BCUT2D eigenvalue weighted by Crippen LogP contribution is 2.14. The second-order valence-electron chi connectivity index (χ2n) is 3.95. The molecule has 5 heteroatoms. The summed E-state index contributed by atoms with van der Waals surface area (Å²) in [4.78, 5) is 11.8. The third-order valence-corrected chi connectivity index (χ3v) is 2.83. The van der Waals surface area contributed by atoms with Gasteiger partial charge in [-0.3, -0.25) is 4.79 Å². The predicted molar refractivity (Wildman–Crippen MR) is 79.5 cm³/mol. The zero-order valence-electron chi connectivity index (χ0n) is 10.8. The molecule has 0 heterocycles. The number of para-hydroxylation sites is 1. The SMILES string of the molecule is COc1ccccc1C=NNC(=O)c1cccc(Cl)c1. The maximum atomic E-state index is 11.8. The molecule has 0 fully saturated rings. The molecule has 2 aromatic rings. The van der Waals surface area contributed by atoms with E-state index in [1.54, 1.807) is 31.4 Å². The normalized spacial score (nSPS) is 10.5. The van der Waals surface area contributed by atoms with Crippen LogP contribution in [0.3, 0.4) is 0 Å². The summed E-state index contributed by atoms with van der Waals surface area (Å²) >= 11 is 5.82. The van der Waals surface area contributed by atoms with Crippen LogP contribution in [0, 0.1) is 0 Å². The van der Waals surface area contributed by atoms with Crippen molar-refractivity contribution in [2.75, 3.05) is 7.11 Å². The van der Waals surface area contributed by atoms with Crippen LogP contribution in [0.2, 0.25) is 5.02 Å². The number of carbonyl (C=O) groups is 1. The summed E-state index contributed by atoms with van der Waals surface area (Å²) in [6.07, 6.45) is 1.53. The van der Waals surface area contributed by atoms with E-state index in [0.29, 0.717) is 16.3 Å². The van der Waals surface area contributed by atoms with Gasteiger partial charge < -0.3 is 4.74 Å². The summed E-state index contributed by atoms with van der Waals surface area (Å²) in [6.45, 7) is 0. The van der Waals surface area contributed by atoms with E-state index in [1.165, 1.54) is 6.21 Å². The lowest BCUT2D eigenvalue weighted by Crippen LogP contribution is -2.17. The Morgan fingerprint density at radius 3 is 2.80 bits per heavy atom. The molecule has 2 rings (SSSR count). The van der Waals surface area contributed by atoms with E-state index in [4.69, 9.17) is 16.3 Å². The Morgan fingerprint density at radius 1 is 1.25 bits per heavy atom. The fourth-order valence-electron chi connectivity index (χ4n) is 1.63. The number of nitrogens with one attached hydrogen (secondary N) is 1. The van der Waals surface area contributed by atoms with Gasteiger partial charge in [-0.15, -0.1) is 0 Å². The average Bonchev–Trinajstić information content (AvgIpc) is 2.47. The predicted octanol–water partition coefficient (Wildman–Crippen LogP) is 3.11. The largest absolute Gasteiger partial charge is 0.496 e. The molecular weight excluding hydrogens is 276 g/mol. The van der Waals surface area contributed by atoms with E-state index in [-0.39, 0.29) is 5.91 Å². The van der Waals surface area contributed by atoms with Gasteiger partial charge in [0.25, 0.3) is 5.91 Å². The lowest BCUT2D eigenvalue weighted by atomic mass is 10.2. The molecule has 0 unspecified atom stereocenters. The van der Waals surface area contributed by atoms with Gasteiger partial charge in [0, 0.05) is 16.1 Å². The number of benzene rings is 2. The number of ether oxygens (including phenoxy) is 1. The molecule has 0 aliphatic rings. The Balaban J connectivity index is 2.05. The molecule has 102 valence electrons. The van der Waals surface area contributed by atoms with Crippen LogP contribution in [0.1, 0.15) is 15.9 Å². The van der Waals surface area contributed by atoms with E-state index in [2.05, 4.69) is 10.5 Å². The number of carbonyl (C=O) groups excluding carboxylic acids is 1. The number of hydrazone groups is 1. The number of nitrogens with zero attached hydrogens (tertiary/aromatic N) is 1. The van der Waals surface area contributed by atoms with Crippen LogP contribution in [0.5, 0.6) is 5.75 Å². The molecule has 0 aliphatic carbocycles. The van der Waals surface area contributed by atoms with Crippen molar-refractivity contribution in [1.29, 1.82) is 0 Å². The molecule has 0 spiro atoms. The molecule has 1 amide bonds. The number of halogens is 1. The highest BCUT2D eigenvalue weighted by Gasteiger charge is 2.04. The van der Waals surface area contributed by atoms with Crippen LogP contribution >= 0.6 is 11.6 Å². The molecule has 2 aromatic carbocycles. The van der Waals surface area contributed by atoms with Crippen LogP contribution in [0.25, 0.3) is 0 Å². The maximum absolute atomic E-state index is 11.8. The summed E-state index contributed by atoms with van der Waals surface area (Å²) in [6, 6.07) is 14.0. The van der Waals surface area contributed by atoms with Crippen molar-refractivity contribution in [3.63, 3.8) is 0 Å². The number of hydrogen-bond acceptors (Lipinski definition) is 3. The van der Waals surface area contributed by atoms with Crippen molar-refractivity contribution < 1.29 is 9.53 Å². The minimum absolute atomic E-state index is 0.321. The van der Waals surface area contributed by atoms with Crippen molar-refractivity contribution in [2.45, 2.75) is 0 Å². The fraction of sp³-hybridized carbons (Fsp3) is 0.0667. The number of rotatable bonds is 4. The first-order valence-corrected chi connectivity index (χ1v) is 6.30. The monoisotopic (exact) mass is 288 g/mol. The van der Waals surface area contributed by atoms with Gasteiger partial charge in [-0.25, -0.2) is 5.43 Å². The van der Waals surface area contributed by atoms with Crippen LogP contribution < -0.4 is 10.2 Å². The summed E-state index contributed by atoms with van der Waals surface area (Å²) in [7, 11) is 1.58. The van der Waals surface area contributed by atoms with Crippen molar-refractivity contribution >= 4 is 23.7 Å². The Hall–Kier alpha value is -2.33. The van der Waals surface area contributed by atoms with Gasteiger partial charge >= 0.3 is 0 Å². The summed E-state index contributed by atoms with van der Waals surface area (Å²) in [5.74, 6) is 0.368. The molecule has 0 radical (unpaired) electrons. The molecule has 0 bridgehead atoms. The van der Waals surface area contributed by atoms with E-state index < -0.39 is 0 Å². The molecule has 4 nitrogen and oxygen atoms in total. The molecule has 0 atom stereocenters. The lowest BCUT2D eigenvalue weighted by Gasteiger charge is -2.03. The highest BCUT2D eigenvalue weighted by atomic mass is 35.5. The molecule has 0 aromatic heterocycles. The minimum Gasteiger partial charge on any atom is -0.496 e. The molecule has 0 aliphatic heterocycles. The second kappa shape index (κ2) is 6.73. The fourth-order valence-corrected chi connectivity index (χ4v) is 1.82. The van der Waals surface area contributed by atoms with E-state index >= 15 is 0 Å². The van der Waals surface area contributed by atoms with Crippen molar-refractivity contribution in [1.82, 2.24) is 5.43 Å². The van der Waals surface area contributed by atoms with Gasteiger partial charge in [-0.2, -0.15) is 5.10 Å². The third kappa shape index (κ3) is 3.59. The van der Waals surface area contributed by atoms with Crippen LogP contribution in [0.15, 0.2) is 53.6 Å². The minimum atomic E-state index is -0.321. The zero-order valence-corrected chi connectivity index (χ0v) is 11.6. The van der Waals surface area contributed by atoms with Crippen molar-refractivity contribution in [2.24, 2.45) is 5.10 Å². The van der Waals surface area contributed by atoms with Gasteiger partial charge in [0.15, 0.2) is 0 Å². The van der Waals surface area contributed by atoms with Gasteiger partial charge in [0.1, 0.15) is 5.75 Å². The Morgan fingerprint density at radius 2 is 2.05 bits per heavy atom. The van der Waals surface area contributed by atoms with Crippen LogP contribution in [-0.2, 0) is 0 Å². The zero-order chi connectivity index (χ0) is 14.4. The van der Waals surface area contributed by atoms with E-state index in [1.807, 2.05) is 24.3 Å². The smallest absolute Gasteiger partial charge is 0.271 e. The topological polar surface area (TPSA) is 50.7 Å². The third-order valence-electron chi connectivity index (χ3n) is 2.60. The van der Waals surface area contributed by atoms with Gasteiger partial charge in [0.2, 0.25) is 0 Å². The summed E-state index contributed by atoms with van der Waals surface area (Å²) < 4.78 is 5.18. The molecule has 0 saturated heterocycles. The molecular formula is C15H13ClN2O2. The first kappa shape index (κ1) is 14.1. The highest BCUT2D eigenvalue weighted by molar-refractivity contribution is 6.30. The number of methoxy groups -OCH3 is 1. The average molecular weight is 289 g/mol. The van der Waals surface area contributed by atoms with E-state index in [0.717, 1.165) is 5.56 Å². The molecule has 20 heavy (non-hydrogen) atoms. The molecule has 1 N–H and O–H groups in total. The Labute approximate surface area is 122 Å².